The number of methoxy groups -OCH3 is 1. The smallest absolute Gasteiger partial charge is 0.307 e. The van der Waals surface area contributed by atoms with Gasteiger partial charge in [0, 0.05) is 11.8 Å². The first-order valence-electron chi connectivity index (χ1n) is 5.70. The van der Waals surface area contributed by atoms with Crippen LogP contribution in [0.2, 0.25) is 0 Å². The zero-order valence-electron chi connectivity index (χ0n) is 10.0. The van der Waals surface area contributed by atoms with Crippen LogP contribution in [0.3, 0.4) is 0 Å². The summed E-state index contributed by atoms with van der Waals surface area (Å²) in [4.78, 5) is 22.8. The van der Waals surface area contributed by atoms with Crippen LogP contribution in [0.25, 0.3) is 0 Å². The van der Waals surface area contributed by atoms with Crippen LogP contribution in [0.15, 0.2) is 0 Å². The molecule has 90 valence electrons. The van der Waals surface area contributed by atoms with Crippen LogP contribution in [-0.2, 0) is 19.1 Å². The van der Waals surface area contributed by atoms with Gasteiger partial charge in [-0.15, -0.1) is 0 Å². The van der Waals surface area contributed by atoms with Crippen molar-refractivity contribution in [3.8, 4) is 0 Å². The summed E-state index contributed by atoms with van der Waals surface area (Å²) in [5, 5.41) is 0. The third-order valence-electron chi connectivity index (χ3n) is 4.57. The topological polar surface area (TPSA) is 52.6 Å². The van der Waals surface area contributed by atoms with Gasteiger partial charge in [0.25, 0.3) is 0 Å². The summed E-state index contributed by atoms with van der Waals surface area (Å²) < 4.78 is 10.1. The largest absolute Gasteiger partial charge is 0.469 e. The molecule has 2 fully saturated rings. The molecule has 3 atom stereocenters. The van der Waals surface area contributed by atoms with Gasteiger partial charge < -0.3 is 9.47 Å². The van der Waals surface area contributed by atoms with Crippen LogP contribution in [0.5, 0.6) is 0 Å². The third kappa shape index (κ3) is 1.43. The highest BCUT2D eigenvalue weighted by atomic mass is 16.6. The maximum absolute atomic E-state index is 11.4. The summed E-state index contributed by atoms with van der Waals surface area (Å²) in [6.45, 7) is 4.04. The highest BCUT2D eigenvalue weighted by molar-refractivity contribution is 5.75. The Bertz CT molecular complexity index is 338. The SMILES string of the molecule is COC(=O)C[C@@H]1CC[C@@]2(C)OC(=O)C[C@@]12C. The standard InChI is InChI=1S/C12H18O4/c1-11-7-10(14)16-12(11,2)5-4-8(11)6-9(13)15-3/h8H,4-7H2,1-3H3/t8-,11-,12+/m0/s1. The fourth-order valence-corrected chi connectivity index (χ4v) is 3.18. The van der Waals surface area contributed by atoms with Crippen LogP contribution >= 0.6 is 0 Å². The molecule has 16 heavy (non-hydrogen) atoms. The molecular weight excluding hydrogens is 208 g/mol. The number of carbonyl (C=O) groups is 2. The predicted octanol–water partition coefficient (Wildman–Crippen LogP) is 1.67. The normalized spacial score (nSPS) is 41.7. The van der Waals surface area contributed by atoms with Crippen molar-refractivity contribution >= 4 is 11.9 Å². The summed E-state index contributed by atoms with van der Waals surface area (Å²) in [6, 6.07) is 0. The molecule has 0 aromatic rings. The van der Waals surface area contributed by atoms with Crippen molar-refractivity contribution in [1.29, 1.82) is 0 Å². The molecule has 0 unspecified atom stereocenters. The first-order chi connectivity index (χ1) is 7.41. The van der Waals surface area contributed by atoms with E-state index < -0.39 is 0 Å². The van der Waals surface area contributed by atoms with Crippen LogP contribution in [0.4, 0.5) is 0 Å². The second-order valence-corrected chi connectivity index (χ2v) is 5.32. The Hall–Kier alpha value is -1.06. The van der Waals surface area contributed by atoms with Gasteiger partial charge in [-0.2, -0.15) is 0 Å². The van der Waals surface area contributed by atoms with Gasteiger partial charge >= 0.3 is 11.9 Å². The second kappa shape index (κ2) is 3.47. The van der Waals surface area contributed by atoms with E-state index in [4.69, 9.17) is 9.47 Å². The number of rotatable bonds is 2. The third-order valence-corrected chi connectivity index (χ3v) is 4.57. The molecule has 0 aromatic carbocycles. The van der Waals surface area contributed by atoms with Gasteiger partial charge in [-0.05, 0) is 25.7 Å². The highest BCUT2D eigenvalue weighted by Crippen LogP contribution is 2.59. The fraction of sp³-hybridized carbons (Fsp3) is 0.833. The molecule has 2 aliphatic rings. The number of ether oxygens (including phenoxy) is 2. The summed E-state index contributed by atoms with van der Waals surface area (Å²) >= 11 is 0. The molecule has 0 aromatic heterocycles. The van der Waals surface area contributed by atoms with Crippen molar-refractivity contribution in [2.24, 2.45) is 11.3 Å². The van der Waals surface area contributed by atoms with E-state index in [0.29, 0.717) is 12.8 Å². The maximum atomic E-state index is 11.4. The maximum Gasteiger partial charge on any atom is 0.307 e. The first-order valence-corrected chi connectivity index (χ1v) is 5.70. The van der Waals surface area contributed by atoms with Gasteiger partial charge in [0.15, 0.2) is 0 Å². The Balaban J connectivity index is 2.19. The zero-order chi connectivity index (χ0) is 12.0. The molecule has 1 saturated heterocycles. The Morgan fingerprint density at radius 1 is 1.56 bits per heavy atom. The Kier molecular flexibility index (Phi) is 2.48. The monoisotopic (exact) mass is 226 g/mol. The van der Waals surface area contributed by atoms with Gasteiger partial charge in [0.2, 0.25) is 0 Å². The van der Waals surface area contributed by atoms with E-state index in [1.165, 1.54) is 7.11 Å². The zero-order valence-corrected chi connectivity index (χ0v) is 10.0. The molecular formula is C12H18O4. The lowest BCUT2D eigenvalue weighted by Gasteiger charge is -2.35. The molecule has 0 spiro atoms. The molecule has 4 nitrogen and oxygen atoms in total. The van der Waals surface area contributed by atoms with E-state index in [9.17, 15) is 9.59 Å². The van der Waals surface area contributed by atoms with Gasteiger partial charge in [-0.1, -0.05) is 6.92 Å². The van der Waals surface area contributed by atoms with Gasteiger partial charge in [-0.25, -0.2) is 0 Å². The van der Waals surface area contributed by atoms with Crippen molar-refractivity contribution in [2.45, 2.75) is 45.1 Å². The highest BCUT2D eigenvalue weighted by Gasteiger charge is 2.62. The van der Waals surface area contributed by atoms with E-state index >= 15 is 0 Å². The van der Waals surface area contributed by atoms with Crippen molar-refractivity contribution in [3.05, 3.63) is 0 Å². The van der Waals surface area contributed by atoms with Crippen molar-refractivity contribution < 1.29 is 19.1 Å². The minimum atomic E-state index is -0.386. The molecule has 0 N–H and O–H groups in total. The second-order valence-electron chi connectivity index (χ2n) is 5.32. The lowest BCUT2D eigenvalue weighted by atomic mass is 9.70. The van der Waals surface area contributed by atoms with Crippen molar-refractivity contribution in [3.63, 3.8) is 0 Å². The molecule has 0 radical (unpaired) electrons. The molecule has 1 aliphatic carbocycles. The lowest BCUT2D eigenvalue weighted by Crippen LogP contribution is -2.39. The van der Waals surface area contributed by atoms with E-state index in [2.05, 4.69) is 6.92 Å². The van der Waals surface area contributed by atoms with Gasteiger partial charge in [-0.3, -0.25) is 9.59 Å². The number of carbonyl (C=O) groups excluding carboxylic acids is 2. The molecule has 0 amide bonds. The minimum Gasteiger partial charge on any atom is -0.469 e. The summed E-state index contributed by atoms with van der Waals surface area (Å²) in [5.41, 5.74) is -0.596. The molecule has 1 aliphatic heterocycles. The summed E-state index contributed by atoms with van der Waals surface area (Å²) in [5.74, 6) is -0.147. The first kappa shape index (κ1) is 11.4. The number of esters is 2. The number of fused-ring (bicyclic) bond motifs is 1. The van der Waals surface area contributed by atoms with Crippen LogP contribution in [0.1, 0.15) is 39.5 Å². The molecule has 1 heterocycles. The minimum absolute atomic E-state index is 0.139. The van der Waals surface area contributed by atoms with Gasteiger partial charge in [0.1, 0.15) is 5.60 Å². The molecule has 4 heteroatoms. The predicted molar refractivity (Wildman–Crippen MR) is 56.6 cm³/mol. The van der Waals surface area contributed by atoms with Crippen LogP contribution in [0, 0.1) is 11.3 Å². The lowest BCUT2D eigenvalue weighted by molar-refractivity contribution is -0.148. The quantitative estimate of drug-likeness (QED) is 0.672. The average Bonchev–Trinajstić information content (AvgIpc) is 2.55. The number of hydrogen-bond donors (Lipinski definition) is 0. The van der Waals surface area contributed by atoms with E-state index in [-0.39, 0.29) is 28.9 Å². The van der Waals surface area contributed by atoms with E-state index in [1.807, 2.05) is 6.92 Å². The Morgan fingerprint density at radius 3 is 2.88 bits per heavy atom. The van der Waals surface area contributed by atoms with Crippen molar-refractivity contribution in [2.75, 3.05) is 7.11 Å². The Morgan fingerprint density at radius 2 is 2.25 bits per heavy atom. The van der Waals surface area contributed by atoms with E-state index in [1.54, 1.807) is 0 Å². The fourth-order valence-electron chi connectivity index (χ4n) is 3.18. The van der Waals surface area contributed by atoms with Crippen LogP contribution < -0.4 is 0 Å². The molecule has 1 saturated carbocycles. The van der Waals surface area contributed by atoms with Crippen molar-refractivity contribution in [1.82, 2.24) is 0 Å². The molecule has 2 rings (SSSR count). The number of hydrogen-bond acceptors (Lipinski definition) is 4. The van der Waals surface area contributed by atoms with Crippen LogP contribution in [-0.4, -0.2) is 24.6 Å². The summed E-state index contributed by atoms with van der Waals surface area (Å²) in [7, 11) is 1.40. The summed E-state index contributed by atoms with van der Waals surface area (Å²) in [6.07, 6.45) is 2.58. The molecule has 0 bridgehead atoms. The average molecular weight is 226 g/mol. The van der Waals surface area contributed by atoms with E-state index in [0.717, 1.165) is 12.8 Å². The van der Waals surface area contributed by atoms with Gasteiger partial charge in [0.05, 0.1) is 13.5 Å². The Labute approximate surface area is 95.3 Å².